The highest BCUT2D eigenvalue weighted by Crippen LogP contribution is 2.26. The second kappa shape index (κ2) is 5.91. The van der Waals surface area contributed by atoms with Gasteiger partial charge in [-0.2, -0.15) is 0 Å². The molecule has 0 fully saturated rings. The minimum absolute atomic E-state index is 0.0663. The molecule has 0 amide bonds. The van der Waals surface area contributed by atoms with Gasteiger partial charge < -0.3 is 4.74 Å². The molecular weight excluding hydrogens is 328 g/mol. The van der Waals surface area contributed by atoms with Crippen molar-refractivity contribution in [1.82, 2.24) is 0 Å². The largest absolute Gasteiger partial charge is 0.402 e. The van der Waals surface area contributed by atoms with Crippen LogP contribution in [0.3, 0.4) is 0 Å². The number of rotatable bonds is 2. The Labute approximate surface area is 135 Å². The van der Waals surface area contributed by atoms with E-state index in [1.54, 1.807) is 30.3 Å². The topological polar surface area (TPSA) is 38.7 Å². The molecule has 22 heavy (non-hydrogen) atoms. The standard InChI is InChI=1S/C16H8Cl2FNO2/c17-10-4-5-13(18)12(8-10)15-20-14(16(21)22-15)7-9-2-1-3-11(19)6-9/h1-8H/b14-7+. The van der Waals surface area contributed by atoms with Crippen LogP contribution in [0.15, 0.2) is 53.2 Å². The highest BCUT2D eigenvalue weighted by atomic mass is 35.5. The Morgan fingerprint density at radius 3 is 2.73 bits per heavy atom. The maximum atomic E-state index is 13.2. The number of carbonyl (C=O) groups is 1. The number of ether oxygens (including phenoxy) is 1. The Bertz CT molecular complexity index is 831. The first kappa shape index (κ1) is 14.8. The zero-order chi connectivity index (χ0) is 15.7. The average molecular weight is 336 g/mol. The van der Waals surface area contributed by atoms with Gasteiger partial charge in [0, 0.05) is 5.02 Å². The van der Waals surface area contributed by atoms with Gasteiger partial charge >= 0.3 is 5.97 Å². The van der Waals surface area contributed by atoms with Crippen LogP contribution in [0.5, 0.6) is 0 Å². The van der Waals surface area contributed by atoms with E-state index in [2.05, 4.69) is 4.99 Å². The molecule has 2 aromatic rings. The first-order valence-electron chi connectivity index (χ1n) is 6.26. The first-order chi connectivity index (χ1) is 10.5. The fourth-order valence-electron chi connectivity index (χ4n) is 1.94. The van der Waals surface area contributed by atoms with Crippen molar-refractivity contribution in [2.24, 2.45) is 4.99 Å². The summed E-state index contributed by atoms with van der Waals surface area (Å²) in [6.45, 7) is 0. The summed E-state index contributed by atoms with van der Waals surface area (Å²) in [5.74, 6) is -0.960. The summed E-state index contributed by atoms with van der Waals surface area (Å²) in [5.41, 5.74) is 0.996. The van der Waals surface area contributed by atoms with Crippen LogP contribution < -0.4 is 0 Å². The quantitative estimate of drug-likeness (QED) is 0.599. The van der Waals surface area contributed by atoms with E-state index >= 15 is 0 Å². The molecule has 6 heteroatoms. The molecule has 1 heterocycles. The summed E-state index contributed by atoms with van der Waals surface area (Å²) in [7, 11) is 0. The van der Waals surface area contributed by atoms with Crippen molar-refractivity contribution >= 4 is 41.1 Å². The van der Waals surface area contributed by atoms with E-state index < -0.39 is 11.8 Å². The summed E-state index contributed by atoms with van der Waals surface area (Å²) in [6.07, 6.45) is 1.44. The van der Waals surface area contributed by atoms with Crippen molar-refractivity contribution in [3.05, 3.63) is 75.2 Å². The molecule has 0 bridgehead atoms. The smallest absolute Gasteiger partial charge is 0.363 e. The van der Waals surface area contributed by atoms with Crippen LogP contribution in [0, 0.1) is 5.82 Å². The number of hydrogen-bond acceptors (Lipinski definition) is 3. The van der Waals surface area contributed by atoms with Gasteiger partial charge in [-0.1, -0.05) is 35.3 Å². The Morgan fingerprint density at radius 1 is 1.14 bits per heavy atom. The normalized spacial score (nSPS) is 15.9. The van der Waals surface area contributed by atoms with Gasteiger partial charge in [-0.05, 0) is 42.0 Å². The number of nitrogens with zero attached hydrogens (tertiary/aromatic N) is 1. The molecule has 0 saturated heterocycles. The van der Waals surface area contributed by atoms with Crippen LogP contribution in [-0.2, 0) is 9.53 Å². The van der Waals surface area contributed by atoms with E-state index in [1.165, 1.54) is 18.2 Å². The van der Waals surface area contributed by atoms with Crippen LogP contribution in [0.1, 0.15) is 11.1 Å². The molecule has 0 saturated carbocycles. The number of carbonyl (C=O) groups excluding carboxylic acids is 1. The predicted molar refractivity (Wildman–Crippen MR) is 83.5 cm³/mol. The molecule has 1 aliphatic heterocycles. The Balaban J connectivity index is 2.00. The lowest BCUT2D eigenvalue weighted by Gasteiger charge is -2.02. The summed E-state index contributed by atoms with van der Waals surface area (Å²) >= 11 is 12.0. The lowest BCUT2D eigenvalue weighted by Crippen LogP contribution is -2.06. The van der Waals surface area contributed by atoms with E-state index in [1.807, 2.05) is 0 Å². The molecule has 0 aliphatic carbocycles. The zero-order valence-electron chi connectivity index (χ0n) is 11.0. The number of esters is 1. The second-order valence-corrected chi connectivity index (χ2v) is 5.36. The molecule has 0 atom stereocenters. The van der Waals surface area contributed by atoms with Crippen molar-refractivity contribution < 1.29 is 13.9 Å². The molecular formula is C16H8Cl2FNO2. The fraction of sp³-hybridized carbons (Fsp3) is 0. The lowest BCUT2D eigenvalue weighted by atomic mass is 10.2. The van der Waals surface area contributed by atoms with Gasteiger partial charge in [0.2, 0.25) is 5.90 Å². The van der Waals surface area contributed by atoms with E-state index in [0.29, 0.717) is 21.2 Å². The van der Waals surface area contributed by atoms with Crippen LogP contribution in [0.2, 0.25) is 10.0 Å². The Morgan fingerprint density at radius 2 is 1.95 bits per heavy atom. The van der Waals surface area contributed by atoms with Crippen molar-refractivity contribution in [2.75, 3.05) is 0 Å². The third kappa shape index (κ3) is 3.03. The SMILES string of the molecule is O=C1OC(c2cc(Cl)ccc2Cl)=N/C1=C/c1cccc(F)c1. The highest BCUT2D eigenvalue weighted by Gasteiger charge is 2.25. The third-order valence-corrected chi connectivity index (χ3v) is 3.50. The Kier molecular flexibility index (Phi) is 3.96. The molecule has 3 rings (SSSR count). The zero-order valence-corrected chi connectivity index (χ0v) is 12.5. The molecule has 0 N–H and O–H groups in total. The minimum atomic E-state index is -0.629. The fourth-order valence-corrected chi connectivity index (χ4v) is 2.31. The summed E-state index contributed by atoms with van der Waals surface area (Å²) in [5, 5.41) is 0.809. The molecule has 0 spiro atoms. The van der Waals surface area contributed by atoms with Crippen molar-refractivity contribution in [1.29, 1.82) is 0 Å². The van der Waals surface area contributed by atoms with Crippen LogP contribution in [-0.4, -0.2) is 11.9 Å². The number of halogens is 3. The van der Waals surface area contributed by atoms with E-state index in [4.69, 9.17) is 27.9 Å². The number of benzene rings is 2. The van der Waals surface area contributed by atoms with Crippen LogP contribution >= 0.6 is 23.2 Å². The van der Waals surface area contributed by atoms with E-state index in [0.717, 1.165) is 0 Å². The summed E-state index contributed by atoms with van der Waals surface area (Å²) in [6, 6.07) is 10.6. The molecule has 110 valence electrons. The van der Waals surface area contributed by atoms with Crippen molar-refractivity contribution in [3.63, 3.8) is 0 Å². The van der Waals surface area contributed by atoms with Gasteiger partial charge in [0.05, 0.1) is 10.6 Å². The Hall–Kier alpha value is -2.17. The predicted octanol–water partition coefficient (Wildman–Crippen LogP) is 4.48. The van der Waals surface area contributed by atoms with Gasteiger partial charge in [0.15, 0.2) is 5.70 Å². The van der Waals surface area contributed by atoms with Gasteiger partial charge in [0.1, 0.15) is 5.82 Å². The van der Waals surface area contributed by atoms with Gasteiger partial charge in [-0.25, -0.2) is 14.2 Å². The summed E-state index contributed by atoms with van der Waals surface area (Å²) < 4.78 is 18.3. The van der Waals surface area contributed by atoms with Gasteiger partial charge in [-0.15, -0.1) is 0 Å². The molecule has 2 aromatic carbocycles. The van der Waals surface area contributed by atoms with Crippen molar-refractivity contribution in [2.45, 2.75) is 0 Å². The highest BCUT2D eigenvalue weighted by molar-refractivity contribution is 6.36. The molecule has 0 unspecified atom stereocenters. The maximum Gasteiger partial charge on any atom is 0.363 e. The molecule has 3 nitrogen and oxygen atoms in total. The summed E-state index contributed by atoms with van der Waals surface area (Å²) in [4.78, 5) is 16.0. The average Bonchev–Trinajstić information content (AvgIpc) is 2.83. The molecule has 1 aliphatic rings. The maximum absolute atomic E-state index is 13.2. The van der Waals surface area contributed by atoms with E-state index in [-0.39, 0.29) is 11.6 Å². The monoisotopic (exact) mass is 335 g/mol. The third-order valence-electron chi connectivity index (χ3n) is 2.93. The molecule has 0 radical (unpaired) electrons. The number of cyclic esters (lactones) is 1. The molecule has 0 aromatic heterocycles. The lowest BCUT2D eigenvalue weighted by molar-refractivity contribution is -0.129. The van der Waals surface area contributed by atoms with Gasteiger partial charge in [-0.3, -0.25) is 0 Å². The van der Waals surface area contributed by atoms with Gasteiger partial charge in [0.25, 0.3) is 0 Å². The number of hydrogen-bond donors (Lipinski definition) is 0. The van der Waals surface area contributed by atoms with Crippen LogP contribution in [0.25, 0.3) is 6.08 Å². The first-order valence-corrected chi connectivity index (χ1v) is 7.02. The number of aliphatic imine (C=N–C) groups is 1. The van der Waals surface area contributed by atoms with Crippen LogP contribution in [0.4, 0.5) is 4.39 Å². The van der Waals surface area contributed by atoms with E-state index in [9.17, 15) is 9.18 Å². The minimum Gasteiger partial charge on any atom is -0.402 e. The second-order valence-electron chi connectivity index (χ2n) is 4.52. The van der Waals surface area contributed by atoms with Crippen molar-refractivity contribution in [3.8, 4) is 0 Å².